The highest BCUT2D eigenvalue weighted by molar-refractivity contribution is 7.88. The van der Waals surface area contributed by atoms with E-state index in [-0.39, 0.29) is 24.5 Å². The maximum absolute atomic E-state index is 12.9. The van der Waals surface area contributed by atoms with Gasteiger partial charge in [-0.3, -0.25) is 9.69 Å². The molecule has 1 saturated carbocycles. The van der Waals surface area contributed by atoms with Gasteiger partial charge in [0.05, 0.1) is 6.26 Å². The molecule has 0 aromatic carbocycles. The van der Waals surface area contributed by atoms with E-state index >= 15 is 0 Å². The number of carbonyl (C=O) groups is 2. The normalized spacial score (nSPS) is 29.1. The van der Waals surface area contributed by atoms with E-state index in [9.17, 15) is 18.0 Å². The first-order valence-electron chi connectivity index (χ1n) is 8.44. The molecule has 0 radical (unpaired) electrons. The van der Waals surface area contributed by atoms with Crippen molar-refractivity contribution in [3.05, 3.63) is 0 Å². The summed E-state index contributed by atoms with van der Waals surface area (Å²) >= 11 is 0. The van der Waals surface area contributed by atoms with Crippen LogP contribution in [0.4, 0.5) is 4.79 Å². The monoisotopic (exact) mass is 343 g/mol. The molecule has 23 heavy (non-hydrogen) atoms. The zero-order chi connectivity index (χ0) is 16.7. The highest BCUT2D eigenvalue weighted by atomic mass is 32.2. The molecule has 1 aliphatic carbocycles. The molecule has 3 rings (SSSR count). The molecule has 3 amide bonds. The molecule has 8 heteroatoms. The average molecular weight is 343 g/mol. The summed E-state index contributed by atoms with van der Waals surface area (Å²) in [5, 5.41) is 2.91. The number of hydrogen-bond donors (Lipinski definition) is 1. The van der Waals surface area contributed by atoms with E-state index in [1.54, 1.807) is 0 Å². The summed E-state index contributed by atoms with van der Waals surface area (Å²) in [6.07, 6.45) is 8.10. The zero-order valence-corrected chi connectivity index (χ0v) is 14.4. The van der Waals surface area contributed by atoms with Crippen LogP contribution in [-0.4, -0.2) is 60.5 Å². The molecule has 130 valence electrons. The first-order chi connectivity index (χ1) is 10.8. The van der Waals surface area contributed by atoms with Gasteiger partial charge in [0.1, 0.15) is 5.54 Å². The molecule has 3 aliphatic rings. The van der Waals surface area contributed by atoms with Crippen molar-refractivity contribution in [3.63, 3.8) is 0 Å². The summed E-state index contributed by atoms with van der Waals surface area (Å²) < 4.78 is 25.1. The second-order valence-electron chi connectivity index (χ2n) is 7.01. The highest BCUT2D eigenvalue weighted by Crippen LogP contribution is 2.33. The van der Waals surface area contributed by atoms with Crippen LogP contribution in [-0.2, 0) is 14.8 Å². The van der Waals surface area contributed by atoms with Crippen LogP contribution in [0.15, 0.2) is 0 Å². The minimum atomic E-state index is -3.30. The largest absolute Gasteiger partial charge is 0.325 e. The summed E-state index contributed by atoms with van der Waals surface area (Å²) in [4.78, 5) is 26.5. The van der Waals surface area contributed by atoms with Crippen molar-refractivity contribution < 1.29 is 18.0 Å². The van der Waals surface area contributed by atoms with Crippen LogP contribution in [0.2, 0.25) is 0 Å². The summed E-state index contributed by atoms with van der Waals surface area (Å²) in [5.41, 5.74) is -0.748. The number of imide groups is 1. The Bertz CT molecular complexity index is 596. The standard InChI is InChI=1S/C15H25N3O4S/c1-23(21,22)18-10-6-7-12(18)11-17-13(19)15(16-14(17)20)8-4-2-3-5-9-15/h12H,2-11H2,1H3,(H,16,20)/t12-/m1/s1. The van der Waals surface area contributed by atoms with Crippen LogP contribution in [0, 0.1) is 0 Å². The first kappa shape index (κ1) is 16.7. The van der Waals surface area contributed by atoms with Crippen molar-refractivity contribution in [2.75, 3.05) is 19.3 Å². The van der Waals surface area contributed by atoms with E-state index in [2.05, 4.69) is 5.32 Å². The fourth-order valence-corrected chi connectivity index (χ4v) is 5.33. The van der Waals surface area contributed by atoms with Crippen molar-refractivity contribution in [2.24, 2.45) is 0 Å². The topological polar surface area (TPSA) is 86.8 Å². The molecule has 2 heterocycles. The number of nitrogens with one attached hydrogen (secondary N) is 1. The van der Waals surface area contributed by atoms with Crippen LogP contribution in [0.5, 0.6) is 0 Å². The molecule has 0 unspecified atom stereocenters. The van der Waals surface area contributed by atoms with Crippen molar-refractivity contribution in [1.29, 1.82) is 0 Å². The lowest BCUT2D eigenvalue weighted by Gasteiger charge is -2.27. The number of carbonyl (C=O) groups excluding carboxylic acids is 2. The van der Waals surface area contributed by atoms with Gasteiger partial charge in [-0.05, 0) is 25.7 Å². The van der Waals surface area contributed by atoms with Gasteiger partial charge in [0.15, 0.2) is 0 Å². The Balaban J connectivity index is 1.75. The van der Waals surface area contributed by atoms with Gasteiger partial charge in [0, 0.05) is 19.1 Å². The molecule has 2 aliphatic heterocycles. The Morgan fingerprint density at radius 2 is 1.78 bits per heavy atom. The minimum Gasteiger partial charge on any atom is -0.323 e. The highest BCUT2D eigenvalue weighted by Gasteiger charge is 2.51. The van der Waals surface area contributed by atoms with Crippen LogP contribution < -0.4 is 5.32 Å². The number of amides is 3. The fourth-order valence-electron chi connectivity index (χ4n) is 4.15. The Labute approximate surface area is 137 Å². The van der Waals surface area contributed by atoms with Gasteiger partial charge in [-0.25, -0.2) is 13.2 Å². The molecule has 0 bridgehead atoms. The molecule has 3 fully saturated rings. The predicted molar refractivity (Wildman–Crippen MR) is 85.2 cm³/mol. The van der Waals surface area contributed by atoms with Gasteiger partial charge in [0.2, 0.25) is 10.0 Å². The molecule has 0 aromatic heterocycles. The van der Waals surface area contributed by atoms with Crippen molar-refractivity contribution in [3.8, 4) is 0 Å². The van der Waals surface area contributed by atoms with Crippen LogP contribution in [0.3, 0.4) is 0 Å². The molecule has 0 aromatic rings. The van der Waals surface area contributed by atoms with Gasteiger partial charge < -0.3 is 5.32 Å². The van der Waals surface area contributed by atoms with Gasteiger partial charge >= 0.3 is 6.03 Å². The lowest BCUT2D eigenvalue weighted by atomic mass is 9.90. The maximum Gasteiger partial charge on any atom is 0.325 e. The van der Waals surface area contributed by atoms with Gasteiger partial charge in [-0.1, -0.05) is 25.7 Å². The summed E-state index contributed by atoms with van der Waals surface area (Å²) in [6.45, 7) is 0.637. The zero-order valence-electron chi connectivity index (χ0n) is 13.6. The minimum absolute atomic E-state index is 0.162. The quantitative estimate of drug-likeness (QED) is 0.776. The van der Waals surface area contributed by atoms with Gasteiger partial charge in [0.25, 0.3) is 5.91 Å². The molecule has 7 nitrogen and oxygen atoms in total. The Morgan fingerprint density at radius 1 is 1.13 bits per heavy atom. The van der Waals surface area contributed by atoms with E-state index in [1.807, 2.05) is 0 Å². The number of rotatable bonds is 3. The maximum atomic E-state index is 12.9. The second-order valence-corrected chi connectivity index (χ2v) is 8.95. The Morgan fingerprint density at radius 3 is 2.39 bits per heavy atom. The summed E-state index contributed by atoms with van der Waals surface area (Å²) in [6, 6.07) is -0.655. The van der Waals surface area contributed by atoms with E-state index in [1.165, 1.54) is 15.5 Å². The van der Waals surface area contributed by atoms with Gasteiger partial charge in [-0.2, -0.15) is 4.31 Å². The van der Waals surface area contributed by atoms with Crippen LogP contribution in [0.1, 0.15) is 51.4 Å². The van der Waals surface area contributed by atoms with Crippen LogP contribution >= 0.6 is 0 Å². The van der Waals surface area contributed by atoms with E-state index in [4.69, 9.17) is 0 Å². The molecule has 1 N–H and O–H groups in total. The summed E-state index contributed by atoms with van der Waals surface area (Å²) in [5.74, 6) is -0.162. The number of nitrogens with zero attached hydrogens (tertiary/aromatic N) is 2. The van der Waals surface area contributed by atoms with E-state index < -0.39 is 15.6 Å². The number of sulfonamides is 1. The first-order valence-corrected chi connectivity index (χ1v) is 10.3. The van der Waals surface area contributed by atoms with Crippen molar-refractivity contribution in [1.82, 2.24) is 14.5 Å². The molecule has 1 atom stereocenters. The SMILES string of the molecule is CS(=O)(=O)N1CCC[C@@H]1CN1C(=O)NC2(CCCCCC2)C1=O. The lowest BCUT2D eigenvalue weighted by molar-refractivity contribution is -0.132. The van der Waals surface area contributed by atoms with Crippen LogP contribution in [0.25, 0.3) is 0 Å². The number of hydrogen-bond acceptors (Lipinski definition) is 4. The smallest absolute Gasteiger partial charge is 0.323 e. The molecular weight excluding hydrogens is 318 g/mol. The predicted octanol–water partition coefficient (Wildman–Crippen LogP) is 1.06. The van der Waals surface area contributed by atoms with Crippen molar-refractivity contribution >= 4 is 22.0 Å². The molecule has 2 saturated heterocycles. The third kappa shape index (κ3) is 3.10. The third-order valence-corrected chi connectivity index (χ3v) is 6.68. The fraction of sp³-hybridized carbons (Fsp3) is 0.867. The Hall–Kier alpha value is -1.15. The third-order valence-electron chi connectivity index (χ3n) is 5.35. The van der Waals surface area contributed by atoms with E-state index in [0.717, 1.165) is 32.1 Å². The number of urea groups is 1. The molecular formula is C15H25N3O4S. The van der Waals surface area contributed by atoms with E-state index in [0.29, 0.717) is 25.8 Å². The lowest BCUT2D eigenvalue weighted by Crippen LogP contribution is -2.48. The van der Waals surface area contributed by atoms with Crippen molar-refractivity contribution in [2.45, 2.75) is 62.9 Å². The van der Waals surface area contributed by atoms with Gasteiger partial charge in [-0.15, -0.1) is 0 Å². The second kappa shape index (κ2) is 6.05. The Kier molecular flexibility index (Phi) is 4.39. The average Bonchev–Trinajstić information content (AvgIpc) is 2.93. The summed E-state index contributed by atoms with van der Waals surface area (Å²) in [7, 11) is -3.30. The molecule has 1 spiro atoms.